The van der Waals surface area contributed by atoms with E-state index in [0.717, 1.165) is 10.9 Å². The Bertz CT molecular complexity index is 916. The van der Waals surface area contributed by atoms with Gasteiger partial charge in [0.05, 0.1) is 17.6 Å². The number of aromatic nitrogens is 3. The van der Waals surface area contributed by atoms with Crippen molar-refractivity contribution in [1.29, 1.82) is 0 Å². The van der Waals surface area contributed by atoms with Gasteiger partial charge >= 0.3 is 36.0 Å². The van der Waals surface area contributed by atoms with Gasteiger partial charge in [-0.05, 0) is 12.1 Å². The zero-order valence-corrected chi connectivity index (χ0v) is 15.2. The van der Waals surface area contributed by atoms with Crippen LogP contribution in [0.25, 0.3) is 5.69 Å². The summed E-state index contributed by atoms with van der Waals surface area (Å²) in [6.45, 7) is 0. The largest absolute Gasteiger partial charge is 0.386 e. The Balaban J connectivity index is 2.33. The zero-order valence-electron chi connectivity index (χ0n) is 15.2. The zero-order chi connectivity index (χ0) is 24.8. The molecule has 0 fully saturated rings. The van der Waals surface area contributed by atoms with E-state index in [-0.39, 0.29) is 5.69 Å². The number of benzene rings is 1. The van der Waals surface area contributed by atoms with Crippen molar-refractivity contribution in [2.45, 2.75) is 48.6 Å². The van der Waals surface area contributed by atoms with Crippen LogP contribution >= 0.6 is 0 Å². The van der Waals surface area contributed by atoms with Gasteiger partial charge in [0.2, 0.25) is 0 Å². The highest BCUT2D eigenvalue weighted by Gasteiger charge is 2.88. The Kier molecular flexibility index (Phi) is 6.53. The van der Waals surface area contributed by atoms with Crippen LogP contribution < -0.4 is 0 Å². The Morgan fingerprint density at radius 1 is 0.781 bits per heavy atom. The molecule has 0 spiro atoms. The fraction of sp³-hybridized carbons (Fsp3) is 0.500. The highest BCUT2D eigenvalue weighted by Crippen LogP contribution is 2.58. The normalized spacial score (nSPS) is 15.3. The molecule has 32 heavy (non-hydrogen) atoms. The van der Waals surface area contributed by atoms with E-state index in [1.165, 1.54) is 24.3 Å². The van der Waals surface area contributed by atoms with Crippen molar-refractivity contribution in [3.05, 3.63) is 42.2 Å². The van der Waals surface area contributed by atoms with Crippen LogP contribution in [0.2, 0.25) is 0 Å². The van der Waals surface area contributed by atoms with Crippen LogP contribution in [0.4, 0.5) is 52.7 Å². The number of halogens is 12. The topological polar surface area (TPSA) is 50.9 Å². The van der Waals surface area contributed by atoms with E-state index in [4.69, 9.17) is 0 Å². The molecule has 1 atom stereocenters. The Morgan fingerprint density at radius 3 is 1.78 bits per heavy atom. The van der Waals surface area contributed by atoms with Crippen LogP contribution in [0.1, 0.15) is 5.69 Å². The molecular weight excluding hydrogens is 478 g/mol. The number of rotatable bonds is 9. The van der Waals surface area contributed by atoms with Crippen molar-refractivity contribution in [2.75, 3.05) is 0 Å². The fourth-order valence-electron chi connectivity index (χ4n) is 2.39. The second-order valence-corrected chi connectivity index (χ2v) is 6.48. The van der Waals surface area contributed by atoms with Crippen molar-refractivity contribution < 1.29 is 57.8 Å². The number of hydrogen-bond acceptors (Lipinski definition) is 3. The Hall–Kier alpha value is -2.52. The molecule has 0 aliphatic rings. The van der Waals surface area contributed by atoms with Crippen molar-refractivity contribution in [3.8, 4) is 5.69 Å². The van der Waals surface area contributed by atoms with Crippen LogP contribution in [-0.2, 0) is 6.42 Å². The SMILES string of the molecule is OC(Cc1cn(-c2ccccc2)nn1)C(F)(F)C(F)(F)C(F)(F)C(F)(F)C(F)(F)C(F)F. The molecule has 0 aliphatic carbocycles. The minimum atomic E-state index is -7.70. The van der Waals surface area contributed by atoms with E-state index in [9.17, 15) is 57.8 Å². The minimum absolute atomic E-state index is 0.262. The van der Waals surface area contributed by atoms with Crippen molar-refractivity contribution >= 4 is 0 Å². The van der Waals surface area contributed by atoms with E-state index in [1.807, 2.05) is 0 Å². The third-order valence-electron chi connectivity index (χ3n) is 4.28. The van der Waals surface area contributed by atoms with Crippen LogP contribution in [-0.4, -0.2) is 62.2 Å². The average molecular weight is 489 g/mol. The summed E-state index contributed by atoms with van der Waals surface area (Å²) in [5, 5.41) is 16.0. The number of alkyl halides is 12. The molecular formula is C16H11F12N3O. The number of para-hydroxylation sites is 1. The maximum absolute atomic E-state index is 13.9. The molecule has 0 radical (unpaired) electrons. The number of aliphatic hydroxyl groups is 1. The van der Waals surface area contributed by atoms with Gasteiger partial charge in [0, 0.05) is 6.42 Å². The van der Waals surface area contributed by atoms with Gasteiger partial charge in [0.15, 0.2) is 0 Å². The van der Waals surface area contributed by atoms with E-state index < -0.39 is 54.3 Å². The summed E-state index contributed by atoms with van der Waals surface area (Å²) in [4.78, 5) is 0. The molecule has 2 rings (SSSR count). The second-order valence-electron chi connectivity index (χ2n) is 6.48. The molecule has 16 heteroatoms. The average Bonchev–Trinajstić information content (AvgIpc) is 3.16. The summed E-state index contributed by atoms with van der Waals surface area (Å²) in [6, 6.07) is 7.41. The van der Waals surface area contributed by atoms with Gasteiger partial charge in [-0.1, -0.05) is 23.4 Å². The minimum Gasteiger partial charge on any atom is -0.386 e. The molecule has 0 amide bonds. The predicted octanol–water partition coefficient (Wildman–Crippen LogP) is 4.61. The van der Waals surface area contributed by atoms with Crippen molar-refractivity contribution in [2.24, 2.45) is 0 Å². The molecule has 2 aromatic rings. The summed E-state index contributed by atoms with van der Waals surface area (Å²) < 4.78 is 159. The number of nitrogens with zero attached hydrogens (tertiary/aromatic N) is 3. The third kappa shape index (κ3) is 3.88. The molecule has 0 saturated carbocycles. The first-order valence-corrected chi connectivity index (χ1v) is 8.23. The van der Waals surface area contributed by atoms with E-state index in [1.54, 1.807) is 6.07 Å². The molecule has 4 nitrogen and oxygen atoms in total. The Morgan fingerprint density at radius 2 is 1.28 bits per heavy atom. The first-order valence-electron chi connectivity index (χ1n) is 8.23. The summed E-state index contributed by atoms with van der Waals surface area (Å²) >= 11 is 0. The van der Waals surface area contributed by atoms with E-state index in [2.05, 4.69) is 10.3 Å². The lowest BCUT2D eigenvalue weighted by molar-refractivity contribution is -0.419. The van der Waals surface area contributed by atoms with Crippen LogP contribution in [0, 0.1) is 0 Å². The molecule has 0 bridgehead atoms. The second kappa shape index (κ2) is 8.12. The molecule has 180 valence electrons. The summed E-state index contributed by atoms with van der Waals surface area (Å²) in [5.41, 5.74) is -0.442. The van der Waals surface area contributed by atoms with Gasteiger partial charge in [0.25, 0.3) is 0 Å². The third-order valence-corrected chi connectivity index (χ3v) is 4.28. The molecule has 1 aromatic heterocycles. The lowest BCUT2D eigenvalue weighted by Gasteiger charge is -2.40. The van der Waals surface area contributed by atoms with Gasteiger partial charge in [0.1, 0.15) is 6.10 Å². The van der Waals surface area contributed by atoms with Gasteiger partial charge in [-0.25, -0.2) is 13.5 Å². The van der Waals surface area contributed by atoms with Crippen molar-refractivity contribution in [3.63, 3.8) is 0 Å². The molecule has 0 aliphatic heterocycles. The van der Waals surface area contributed by atoms with E-state index >= 15 is 0 Å². The Labute approximate surface area is 170 Å². The standard InChI is InChI=1S/C16H11F12N3O/c17-11(18)13(21,22)15(25,26)16(27,28)14(23,24)12(19,20)10(32)6-8-7-31(30-29-8)9-4-2-1-3-5-9/h1-5,7,10-11,32H,6H2. The quantitative estimate of drug-likeness (QED) is 0.524. The number of aliphatic hydroxyl groups excluding tert-OH is 1. The predicted molar refractivity (Wildman–Crippen MR) is 81.8 cm³/mol. The molecule has 0 saturated heterocycles. The summed E-state index contributed by atoms with van der Waals surface area (Å²) in [5.74, 6) is -36.3. The molecule has 1 heterocycles. The molecule has 1 N–H and O–H groups in total. The van der Waals surface area contributed by atoms with Gasteiger partial charge in [-0.3, -0.25) is 0 Å². The maximum Gasteiger partial charge on any atom is 0.384 e. The fourth-order valence-corrected chi connectivity index (χ4v) is 2.39. The first-order chi connectivity index (χ1) is 14.4. The van der Waals surface area contributed by atoms with Crippen LogP contribution in [0.15, 0.2) is 36.5 Å². The van der Waals surface area contributed by atoms with Crippen LogP contribution in [0.3, 0.4) is 0 Å². The van der Waals surface area contributed by atoms with E-state index in [0.29, 0.717) is 0 Å². The molecule has 1 unspecified atom stereocenters. The molecule has 1 aromatic carbocycles. The lowest BCUT2D eigenvalue weighted by atomic mass is 9.90. The number of hydrogen-bond donors (Lipinski definition) is 1. The highest BCUT2D eigenvalue weighted by molar-refractivity contribution is 5.30. The monoisotopic (exact) mass is 489 g/mol. The highest BCUT2D eigenvalue weighted by atomic mass is 19.4. The van der Waals surface area contributed by atoms with Crippen molar-refractivity contribution in [1.82, 2.24) is 15.0 Å². The first kappa shape index (κ1) is 25.7. The summed E-state index contributed by atoms with van der Waals surface area (Å²) in [6.07, 6.45) is -10.3. The van der Waals surface area contributed by atoms with Gasteiger partial charge < -0.3 is 5.11 Å². The lowest BCUT2D eigenvalue weighted by Crippen LogP contribution is -2.70. The van der Waals surface area contributed by atoms with Crippen LogP contribution in [0.5, 0.6) is 0 Å². The summed E-state index contributed by atoms with van der Waals surface area (Å²) in [7, 11) is 0. The maximum atomic E-state index is 13.9. The van der Waals surface area contributed by atoms with Gasteiger partial charge in [-0.2, -0.15) is 43.9 Å². The smallest absolute Gasteiger partial charge is 0.384 e. The van der Waals surface area contributed by atoms with Gasteiger partial charge in [-0.15, -0.1) is 5.10 Å².